The van der Waals surface area contributed by atoms with E-state index in [9.17, 15) is 4.79 Å². The molecule has 5 nitrogen and oxygen atoms in total. The van der Waals surface area contributed by atoms with Gasteiger partial charge in [-0.3, -0.25) is 10.7 Å². The van der Waals surface area contributed by atoms with Crippen LogP contribution in [-0.2, 0) is 0 Å². The fraction of sp³-hybridized carbons (Fsp3) is 0. The molecule has 1 amide bonds. The molecule has 0 saturated carbocycles. The van der Waals surface area contributed by atoms with Gasteiger partial charge in [0.15, 0.2) is 0 Å². The monoisotopic (exact) mass is 257 g/mol. The molecule has 0 bridgehead atoms. The van der Waals surface area contributed by atoms with Crippen molar-refractivity contribution in [1.82, 2.24) is 10.7 Å². The van der Waals surface area contributed by atoms with E-state index in [1.54, 1.807) is 73.2 Å². The Morgan fingerprint density at radius 3 is 2.63 bits per heavy atom. The number of allylic oxidation sites excluding steroid dienone is 10. The van der Waals surface area contributed by atoms with Crippen LogP contribution in [0.4, 0.5) is 4.79 Å². The SMILES string of the molecule is O=C(O)NC1=CC=CC=CC=NNC=CC=CC=C1. The van der Waals surface area contributed by atoms with Gasteiger partial charge in [0.2, 0.25) is 0 Å². The minimum Gasteiger partial charge on any atom is -0.465 e. The first-order chi connectivity index (χ1) is 9.29. The number of hydrogen-bond acceptors (Lipinski definition) is 3. The number of carbonyl (C=O) groups is 1. The topological polar surface area (TPSA) is 73.7 Å². The molecule has 1 aliphatic heterocycles. The van der Waals surface area contributed by atoms with Crippen LogP contribution in [0.5, 0.6) is 0 Å². The highest BCUT2D eigenvalue weighted by Gasteiger charge is 1.95. The molecule has 98 valence electrons. The molecule has 1 aliphatic rings. The predicted octanol–water partition coefficient (Wildman–Crippen LogP) is 2.47. The van der Waals surface area contributed by atoms with Crippen LogP contribution >= 0.6 is 0 Å². The van der Waals surface area contributed by atoms with E-state index in [0.29, 0.717) is 5.70 Å². The summed E-state index contributed by atoms with van der Waals surface area (Å²) in [7, 11) is 0. The quantitative estimate of drug-likeness (QED) is 0.675. The molecule has 0 spiro atoms. The van der Waals surface area contributed by atoms with Gasteiger partial charge in [0, 0.05) is 18.1 Å². The standard InChI is InChI=1S/C14H15N3O2/c18-14(19)17-13-9-5-1-3-7-11-15-16-12-8-4-2-6-10-13/h1-12,15,17H,(H,18,19). The molecule has 0 atom stereocenters. The van der Waals surface area contributed by atoms with Crippen molar-refractivity contribution < 1.29 is 9.90 Å². The van der Waals surface area contributed by atoms with Crippen LogP contribution in [-0.4, -0.2) is 17.4 Å². The van der Waals surface area contributed by atoms with Crippen molar-refractivity contribution in [3.8, 4) is 0 Å². The molecule has 0 aromatic heterocycles. The molecule has 0 aromatic rings. The van der Waals surface area contributed by atoms with E-state index in [0.717, 1.165) is 0 Å². The molecule has 0 radical (unpaired) electrons. The van der Waals surface area contributed by atoms with Crippen LogP contribution in [0.2, 0.25) is 0 Å². The summed E-state index contributed by atoms with van der Waals surface area (Å²) in [4.78, 5) is 10.6. The lowest BCUT2D eigenvalue weighted by atomic mass is 10.3. The van der Waals surface area contributed by atoms with Crippen molar-refractivity contribution in [2.45, 2.75) is 0 Å². The van der Waals surface area contributed by atoms with E-state index in [4.69, 9.17) is 5.11 Å². The van der Waals surface area contributed by atoms with E-state index >= 15 is 0 Å². The average molecular weight is 257 g/mol. The second-order valence-electron chi connectivity index (χ2n) is 3.33. The van der Waals surface area contributed by atoms with Gasteiger partial charge in [0.1, 0.15) is 0 Å². The molecular weight excluding hydrogens is 242 g/mol. The first kappa shape index (κ1) is 14.2. The van der Waals surface area contributed by atoms with Gasteiger partial charge in [-0.25, -0.2) is 4.79 Å². The lowest BCUT2D eigenvalue weighted by Gasteiger charge is -1.98. The molecule has 3 N–H and O–H groups in total. The maximum atomic E-state index is 10.6. The second kappa shape index (κ2) is 9.23. The van der Waals surface area contributed by atoms with Gasteiger partial charge >= 0.3 is 6.09 Å². The Hall–Kier alpha value is -2.82. The Bertz CT molecular complexity index is 495. The Kier molecular flexibility index (Phi) is 6.92. The van der Waals surface area contributed by atoms with Crippen molar-refractivity contribution in [1.29, 1.82) is 0 Å². The van der Waals surface area contributed by atoms with Crippen molar-refractivity contribution in [2.24, 2.45) is 5.10 Å². The van der Waals surface area contributed by atoms with E-state index < -0.39 is 6.09 Å². The summed E-state index contributed by atoms with van der Waals surface area (Å²) in [5, 5.41) is 14.9. The maximum absolute atomic E-state index is 10.6. The lowest BCUT2D eigenvalue weighted by Crippen LogP contribution is -2.18. The average Bonchev–Trinajstić information content (AvgIpc) is 2.38. The normalized spacial score (nSPS) is 15.3. The van der Waals surface area contributed by atoms with Crippen molar-refractivity contribution in [3.05, 3.63) is 72.7 Å². The van der Waals surface area contributed by atoms with Crippen LogP contribution in [0.1, 0.15) is 0 Å². The van der Waals surface area contributed by atoms with E-state index in [-0.39, 0.29) is 0 Å². The van der Waals surface area contributed by atoms with Gasteiger partial charge in [-0.15, -0.1) is 0 Å². The van der Waals surface area contributed by atoms with Gasteiger partial charge in [0.25, 0.3) is 0 Å². The minimum atomic E-state index is -1.10. The predicted molar refractivity (Wildman–Crippen MR) is 76.6 cm³/mol. The zero-order chi connectivity index (χ0) is 13.8. The number of amides is 1. The first-order valence-corrected chi connectivity index (χ1v) is 5.61. The third kappa shape index (κ3) is 7.98. The summed E-state index contributed by atoms with van der Waals surface area (Å²) in [6, 6.07) is 0. The van der Waals surface area contributed by atoms with Gasteiger partial charge in [-0.05, 0) is 24.3 Å². The Balaban J connectivity index is 2.85. The summed E-state index contributed by atoms with van der Waals surface area (Å²) < 4.78 is 0. The Morgan fingerprint density at radius 1 is 1.05 bits per heavy atom. The Labute approximate surface area is 111 Å². The van der Waals surface area contributed by atoms with Gasteiger partial charge in [0.05, 0.1) is 0 Å². The second-order valence-corrected chi connectivity index (χ2v) is 3.33. The Morgan fingerprint density at radius 2 is 1.79 bits per heavy atom. The highest BCUT2D eigenvalue weighted by Crippen LogP contribution is 1.95. The molecule has 1 heterocycles. The van der Waals surface area contributed by atoms with E-state index in [2.05, 4.69) is 15.8 Å². The number of hydrogen-bond donors (Lipinski definition) is 3. The fourth-order valence-corrected chi connectivity index (χ4v) is 1.11. The number of carboxylic acid groups (broad SMARTS) is 1. The molecule has 0 aliphatic carbocycles. The highest BCUT2D eigenvalue weighted by molar-refractivity contribution is 5.71. The highest BCUT2D eigenvalue weighted by atomic mass is 16.4. The summed E-state index contributed by atoms with van der Waals surface area (Å²) in [6.07, 6.45) is 19.6. The molecule has 0 aromatic carbocycles. The molecule has 0 fully saturated rings. The zero-order valence-corrected chi connectivity index (χ0v) is 10.2. The maximum Gasteiger partial charge on any atom is 0.409 e. The summed E-state index contributed by atoms with van der Waals surface area (Å²) in [6.45, 7) is 0. The summed E-state index contributed by atoms with van der Waals surface area (Å²) >= 11 is 0. The largest absolute Gasteiger partial charge is 0.465 e. The molecule has 0 saturated heterocycles. The number of hydrazone groups is 1. The fourth-order valence-electron chi connectivity index (χ4n) is 1.11. The van der Waals surface area contributed by atoms with Crippen molar-refractivity contribution in [2.75, 3.05) is 0 Å². The smallest absolute Gasteiger partial charge is 0.409 e. The van der Waals surface area contributed by atoms with Gasteiger partial charge < -0.3 is 5.11 Å². The third-order valence-corrected chi connectivity index (χ3v) is 1.88. The van der Waals surface area contributed by atoms with Crippen LogP contribution in [0.25, 0.3) is 0 Å². The molecule has 0 unspecified atom stereocenters. The molecular formula is C14H15N3O2. The van der Waals surface area contributed by atoms with Crippen molar-refractivity contribution in [3.63, 3.8) is 0 Å². The molecule has 5 heteroatoms. The number of nitrogens with one attached hydrogen (secondary N) is 2. The summed E-state index contributed by atoms with van der Waals surface area (Å²) in [5.41, 5.74) is 3.20. The molecule has 1 rings (SSSR count). The lowest BCUT2D eigenvalue weighted by molar-refractivity contribution is 0.198. The van der Waals surface area contributed by atoms with Gasteiger partial charge in [-0.1, -0.05) is 36.5 Å². The van der Waals surface area contributed by atoms with Crippen LogP contribution in [0.3, 0.4) is 0 Å². The number of nitrogens with zero attached hydrogens (tertiary/aromatic N) is 1. The van der Waals surface area contributed by atoms with Crippen LogP contribution < -0.4 is 10.7 Å². The zero-order valence-electron chi connectivity index (χ0n) is 10.2. The molecule has 19 heavy (non-hydrogen) atoms. The first-order valence-electron chi connectivity index (χ1n) is 5.61. The summed E-state index contributed by atoms with van der Waals surface area (Å²) in [5.74, 6) is 0. The van der Waals surface area contributed by atoms with Crippen LogP contribution in [0.15, 0.2) is 77.8 Å². The van der Waals surface area contributed by atoms with Crippen LogP contribution in [0, 0.1) is 0 Å². The van der Waals surface area contributed by atoms with E-state index in [1.807, 2.05) is 0 Å². The van der Waals surface area contributed by atoms with Crippen molar-refractivity contribution >= 4 is 12.3 Å². The number of rotatable bonds is 1. The van der Waals surface area contributed by atoms with E-state index in [1.165, 1.54) is 0 Å². The minimum absolute atomic E-state index is 0.479. The van der Waals surface area contributed by atoms with Gasteiger partial charge in [-0.2, -0.15) is 5.10 Å². The third-order valence-electron chi connectivity index (χ3n) is 1.88.